The fourth-order valence-corrected chi connectivity index (χ4v) is 4.29. The number of ether oxygens (including phenoxy) is 2. The number of pyridine rings is 1. The van der Waals surface area contributed by atoms with Gasteiger partial charge in [-0.3, -0.25) is 9.69 Å². The zero-order chi connectivity index (χ0) is 25.3. The molecule has 188 valence electrons. The maximum absolute atomic E-state index is 13.5. The van der Waals surface area contributed by atoms with Crippen molar-refractivity contribution in [1.29, 1.82) is 0 Å². The summed E-state index contributed by atoms with van der Waals surface area (Å²) < 4.78 is 26.7. The molecule has 2 aromatic heterocycles. The molecule has 0 unspecified atom stereocenters. The highest BCUT2D eigenvalue weighted by molar-refractivity contribution is 5.83. The summed E-state index contributed by atoms with van der Waals surface area (Å²) in [6.45, 7) is 8.46. The van der Waals surface area contributed by atoms with Crippen LogP contribution in [0.2, 0.25) is 0 Å². The summed E-state index contributed by atoms with van der Waals surface area (Å²) in [7, 11) is 0. The van der Waals surface area contributed by atoms with Crippen LogP contribution in [0.1, 0.15) is 44.1 Å². The lowest BCUT2D eigenvalue weighted by Gasteiger charge is -2.27. The van der Waals surface area contributed by atoms with Crippen molar-refractivity contribution in [3.63, 3.8) is 0 Å². The Morgan fingerprint density at radius 1 is 1.06 bits per heavy atom. The predicted molar refractivity (Wildman–Crippen MR) is 132 cm³/mol. The first-order valence-electron chi connectivity index (χ1n) is 12.0. The number of nitrogens with zero attached hydrogens (tertiary/aromatic N) is 5. The van der Waals surface area contributed by atoms with Crippen LogP contribution in [0.15, 0.2) is 47.3 Å². The number of rotatable bonds is 8. The van der Waals surface area contributed by atoms with Crippen molar-refractivity contribution in [2.24, 2.45) is 0 Å². The second kappa shape index (κ2) is 9.69. The van der Waals surface area contributed by atoms with E-state index in [1.165, 1.54) is 12.1 Å². The Labute approximate surface area is 207 Å². The van der Waals surface area contributed by atoms with Crippen LogP contribution < -0.4 is 15.0 Å². The molecule has 0 amide bonds. The Bertz CT molecular complexity index is 1430. The Morgan fingerprint density at radius 2 is 1.78 bits per heavy atom. The van der Waals surface area contributed by atoms with Gasteiger partial charge in [-0.05, 0) is 60.5 Å². The molecule has 36 heavy (non-hydrogen) atoms. The third-order valence-corrected chi connectivity index (χ3v) is 6.64. The van der Waals surface area contributed by atoms with Crippen molar-refractivity contribution in [2.75, 3.05) is 13.2 Å². The van der Waals surface area contributed by atoms with Crippen LogP contribution in [0.3, 0.4) is 0 Å². The van der Waals surface area contributed by atoms with Crippen LogP contribution in [-0.4, -0.2) is 43.3 Å². The minimum Gasteiger partial charge on any atom is -0.486 e. The molecule has 0 saturated heterocycles. The summed E-state index contributed by atoms with van der Waals surface area (Å²) >= 11 is 0. The molecular weight excluding hydrogens is 463 g/mol. The van der Waals surface area contributed by atoms with Crippen LogP contribution >= 0.6 is 0 Å². The standard InChI is InChI=1S/C26H29FN6O3/c1-4-26(2,3)33-24(29-30-31-33)16-32(14-17-5-7-20(27)8-6-17)15-19-11-18-12-22-23(36-10-9-35-22)13-21(18)28-25(19)34/h5-8,11-13H,4,9-10,14-16H2,1-3H3,(H,28,34). The Kier molecular flexibility index (Phi) is 6.44. The minimum absolute atomic E-state index is 0.184. The molecule has 1 N–H and O–H groups in total. The van der Waals surface area contributed by atoms with Gasteiger partial charge in [-0.1, -0.05) is 19.1 Å². The summed E-state index contributed by atoms with van der Waals surface area (Å²) in [5.41, 5.74) is 1.75. The highest BCUT2D eigenvalue weighted by Gasteiger charge is 2.25. The topological polar surface area (TPSA) is 98.2 Å². The number of hydrogen-bond acceptors (Lipinski definition) is 7. The zero-order valence-electron chi connectivity index (χ0n) is 20.6. The summed E-state index contributed by atoms with van der Waals surface area (Å²) in [4.78, 5) is 18.1. The van der Waals surface area contributed by atoms with Gasteiger partial charge in [-0.2, -0.15) is 0 Å². The first-order valence-corrected chi connectivity index (χ1v) is 12.0. The molecule has 0 fully saturated rings. The number of nitrogens with one attached hydrogen (secondary N) is 1. The summed E-state index contributed by atoms with van der Waals surface area (Å²) in [5.74, 6) is 1.69. The third-order valence-electron chi connectivity index (χ3n) is 6.64. The summed E-state index contributed by atoms with van der Waals surface area (Å²) in [6.07, 6.45) is 0.851. The largest absolute Gasteiger partial charge is 0.486 e. The molecule has 0 aliphatic carbocycles. The van der Waals surface area contributed by atoms with Gasteiger partial charge in [0.2, 0.25) is 0 Å². The van der Waals surface area contributed by atoms with Crippen LogP contribution in [0.25, 0.3) is 10.9 Å². The number of benzene rings is 2. The van der Waals surface area contributed by atoms with Gasteiger partial charge >= 0.3 is 0 Å². The van der Waals surface area contributed by atoms with Crippen molar-refractivity contribution < 1.29 is 13.9 Å². The van der Waals surface area contributed by atoms with E-state index in [4.69, 9.17) is 9.47 Å². The van der Waals surface area contributed by atoms with E-state index in [2.05, 4.69) is 46.2 Å². The maximum atomic E-state index is 13.5. The lowest BCUT2D eigenvalue weighted by atomic mass is 10.0. The van der Waals surface area contributed by atoms with Gasteiger partial charge in [0.05, 0.1) is 17.6 Å². The molecule has 3 heterocycles. The SMILES string of the molecule is CCC(C)(C)n1nnnc1CN(Cc1ccc(F)cc1)Cc1cc2cc3c(cc2[nH]c1=O)OCCO3. The minimum atomic E-state index is -0.292. The second-order valence-corrected chi connectivity index (χ2v) is 9.65. The Hall–Kier alpha value is -3.79. The summed E-state index contributed by atoms with van der Waals surface area (Å²) in [6, 6.07) is 11.9. The molecule has 5 rings (SSSR count). The van der Waals surface area contributed by atoms with Gasteiger partial charge in [-0.25, -0.2) is 9.07 Å². The quantitative estimate of drug-likeness (QED) is 0.400. The fourth-order valence-electron chi connectivity index (χ4n) is 4.29. The first-order chi connectivity index (χ1) is 17.3. The van der Waals surface area contributed by atoms with Crippen LogP contribution in [0.5, 0.6) is 11.5 Å². The van der Waals surface area contributed by atoms with Crippen molar-refractivity contribution >= 4 is 10.9 Å². The average molecular weight is 493 g/mol. The first kappa shape index (κ1) is 23.9. The van der Waals surface area contributed by atoms with E-state index in [0.29, 0.717) is 61.3 Å². The van der Waals surface area contributed by atoms with Gasteiger partial charge in [0.1, 0.15) is 19.0 Å². The molecule has 1 aliphatic rings. The molecule has 0 radical (unpaired) electrons. The van der Waals surface area contributed by atoms with E-state index in [1.54, 1.807) is 18.2 Å². The normalized spacial score (nSPS) is 13.5. The maximum Gasteiger partial charge on any atom is 0.252 e. The lowest BCUT2D eigenvalue weighted by Crippen LogP contribution is -2.32. The van der Waals surface area contributed by atoms with E-state index in [1.807, 2.05) is 16.8 Å². The predicted octanol–water partition coefficient (Wildman–Crippen LogP) is 3.77. The van der Waals surface area contributed by atoms with Gasteiger partial charge in [0.25, 0.3) is 5.56 Å². The van der Waals surface area contributed by atoms with Gasteiger partial charge in [0, 0.05) is 30.1 Å². The molecule has 0 spiro atoms. The molecule has 0 saturated carbocycles. The number of aromatic nitrogens is 5. The molecular formula is C26H29FN6O3. The molecule has 1 aliphatic heterocycles. The number of tetrazole rings is 1. The van der Waals surface area contributed by atoms with Gasteiger partial charge in [-0.15, -0.1) is 5.10 Å². The van der Waals surface area contributed by atoms with Gasteiger partial charge in [0.15, 0.2) is 17.3 Å². The third kappa shape index (κ3) is 4.94. The van der Waals surface area contributed by atoms with E-state index >= 15 is 0 Å². The number of fused-ring (bicyclic) bond motifs is 2. The van der Waals surface area contributed by atoms with Crippen LogP contribution in [0.4, 0.5) is 4.39 Å². The molecule has 4 aromatic rings. The van der Waals surface area contributed by atoms with Crippen molar-refractivity contribution in [2.45, 2.75) is 52.4 Å². The van der Waals surface area contributed by atoms with Crippen molar-refractivity contribution in [1.82, 2.24) is 30.1 Å². The lowest BCUT2D eigenvalue weighted by molar-refractivity contribution is 0.172. The molecule has 2 aromatic carbocycles. The second-order valence-electron chi connectivity index (χ2n) is 9.65. The van der Waals surface area contributed by atoms with E-state index in [0.717, 1.165) is 17.4 Å². The Balaban J connectivity index is 1.48. The van der Waals surface area contributed by atoms with Crippen LogP contribution in [0, 0.1) is 5.82 Å². The number of aromatic amines is 1. The van der Waals surface area contributed by atoms with Crippen LogP contribution in [-0.2, 0) is 25.2 Å². The number of H-pyrrole nitrogens is 1. The number of halogens is 1. The van der Waals surface area contributed by atoms with E-state index in [9.17, 15) is 9.18 Å². The molecule has 0 bridgehead atoms. The van der Waals surface area contributed by atoms with Crippen molar-refractivity contribution in [3.8, 4) is 11.5 Å². The summed E-state index contributed by atoms with van der Waals surface area (Å²) in [5, 5.41) is 13.3. The monoisotopic (exact) mass is 492 g/mol. The zero-order valence-corrected chi connectivity index (χ0v) is 20.6. The highest BCUT2D eigenvalue weighted by atomic mass is 19.1. The van der Waals surface area contributed by atoms with E-state index in [-0.39, 0.29) is 16.9 Å². The molecule has 10 heteroatoms. The smallest absolute Gasteiger partial charge is 0.252 e. The van der Waals surface area contributed by atoms with Gasteiger partial charge < -0.3 is 14.5 Å². The highest BCUT2D eigenvalue weighted by Crippen LogP contribution is 2.33. The van der Waals surface area contributed by atoms with E-state index < -0.39 is 0 Å². The van der Waals surface area contributed by atoms with Crippen molar-refractivity contribution in [3.05, 3.63) is 75.6 Å². The fraction of sp³-hybridized carbons (Fsp3) is 0.385. The Morgan fingerprint density at radius 3 is 2.50 bits per heavy atom. The number of hydrogen-bond donors (Lipinski definition) is 1. The average Bonchev–Trinajstić information content (AvgIpc) is 3.34. The molecule has 9 nitrogen and oxygen atoms in total. The molecule has 0 atom stereocenters.